The molecule has 1 amide bonds. The fourth-order valence-corrected chi connectivity index (χ4v) is 4.28. The second kappa shape index (κ2) is 10.3. The Morgan fingerprint density at radius 2 is 1.78 bits per heavy atom. The lowest BCUT2D eigenvalue weighted by molar-refractivity contribution is -0.118. The van der Waals surface area contributed by atoms with Crippen LogP contribution in [0.1, 0.15) is 22.6 Å². The van der Waals surface area contributed by atoms with Gasteiger partial charge in [0.25, 0.3) is 0 Å². The number of aryl methyl sites for hydroxylation is 2. The van der Waals surface area contributed by atoms with Gasteiger partial charge in [0, 0.05) is 37.6 Å². The van der Waals surface area contributed by atoms with E-state index in [-0.39, 0.29) is 5.91 Å². The van der Waals surface area contributed by atoms with Gasteiger partial charge in [-0.15, -0.1) is 10.2 Å². The Balaban J connectivity index is 1.45. The van der Waals surface area contributed by atoms with Crippen LogP contribution in [0.3, 0.4) is 0 Å². The first-order chi connectivity index (χ1) is 15.6. The molecular formula is C25H27N5OS. The van der Waals surface area contributed by atoms with E-state index in [1.165, 1.54) is 22.9 Å². The highest BCUT2D eigenvalue weighted by Gasteiger charge is 2.17. The predicted molar refractivity (Wildman–Crippen MR) is 128 cm³/mol. The van der Waals surface area contributed by atoms with Crippen molar-refractivity contribution in [2.45, 2.75) is 24.9 Å². The summed E-state index contributed by atoms with van der Waals surface area (Å²) < 4.78 is 4.13. The Hall–Kier alpha value is -3.32. The van der Waals surface area contributed by atoms with Crippen molar-refractivity contribution < 1.29 is 4.79 Å². The number of carbonyl (C=O) groups is 1. The van der Waals surface area contributed by atoms with Crippen molar-refractivity contribution in [3.05, 3.63) is 95.6 Å². The van der Waals surface area contributed by atoms with E-state index in [2.05, 4.69) is 69.5 Å². The summed E-state index contributed by atoms with van der Waals surface area (Å²) in [5.74, 6) is 1.14. The van der Waals surface area contributed by atoms with E-state index < -0.39 is 0 Å². The molecule has 0 aliphatic rings. The minimum absolute atomic E-state index is 0.00614. The molecule has 0 radical (unpaired) electrons. The maximum absolute atomic E-state index is 12.4. The smallest absolute Gasteiger partial charge is 0.230 e. The summed E-state index contributed by atoms with van der Waals surface area (Å²) >= 11 is 1.41. The van der Waals surface area contributed by atoms with E-state index in [0.717, 1.165) is 28.8 Å². The monoisotopic (exact) mass is 445 g/mol. The molecule has 4 aromatic rings. The molecule has 0 aliphatic heterocycles. The number of benzene rings is 2. The zero-order valence-electron chi connectivity index (χ0n) is 18.4. The average molecular weight is 446 g/mol. The third-order valence-electron chi connectivity index (χ3n) is 5.29. The Morgan fingerprint density at radius 3 is 2.50 bits per heavy atom. The Morgan fingerprint density at radius 1 is 1.00 bits per heavy atom. The quantitative estimate of drug-likeness (QED) is 0.396. The van der Waals surface area contributed by atoms with Crippen molar-refractivity contribution in [1.29, 1.82) is 0 Å². The molecule has 6 nitrogen and oxygen atoms in total. The van der Waals surface area contributed by atoms with Crippen molar-refractivity contribution in [3.8, 4) is 5.69 Å². The van der Waals surface area contributed by atoms with Crippen LogP contribution in [0.2, 0.25) is 0 Å². The Bertz CT molecular complexity index is 1160. The van der Waals surface area contributed by atoms with Crippen molar-refractivity contribution >= 4 is 17.7 Å². The first-order valence-corrected chi connectivity index (χ1v) is 11.6. The van der Waals surface area contributed by atoms with Crippen molar-refractivity contribution in [3.63, 3.8) is 0 Å². The molecule has 0 unspecified atom stereocenters. The molecule has 4 rings (SSSR count). The Labute approximate surface area is 192 Å². The molecule has 164 valence electrons. The van der Waals surface area contributed by atoms with E-state index >= 15 is 0 Å². The summed E-state index contributed by atoms with van der Waals surface area (Å²) in [5.41, 5.74) is 4.56. The van der Waals surface area contributed by atoms with Crippen LogP contribution in [0.15, 0.2) is 78.1 Å². The molecule has 32 heavy (non-hydrogen) atoms. The van der Waals surface area contributed by atoms with Gasteiger partial charge < -0.3 is 9.88 Å². The van der Waals surface area contributed by atoms with Crippen LogP contribution in [-0.4, -0.2) is 37.5 Å². The second-order valence-electron chi connectivity index (χ2n) is 7.73. The zero-order chi connectivity index (χ0) is 22.3. The van der Waals surface area contributed by atoms with Gasteiger partial charge >= 0.3 is 0 Å². The highest BCUT2D eigenvalue weighted by atomic mass is 32.2. The van der Waals surface area contributed by atoms with Crippen LogP contribution in [0, 0.1) is 6.92 Å². The third kappa shape index (κ3) is 5.48. The summed E-state index contributed by atoms with van der Waals surface area (Å²) in [7, 11) is 2.03. The van der Waals surface area contributed by atoms with Gasteiger partial charge in [-0.25, -0.2) is 0 Å². The highest BCUT2D eigenvalue weighted by Crippen LogP contribution is 2.24. The van der Waals surface area contributed by atoms with Gasteiger partial charge in [0.15, 0.2) is 5.16 Å². The van der Waals surface area contributed by atoms with Crippen LogP contribution in [0.5, 0.6) is 0 Å². The van der Waals surface area contributed by atoms with Crippen LogP contribution in [0.4, 0.5) is 0 Å². The molecule has 2 aromatic carbocycles. The molecule has 1 N–H and O–H groups in total. The number of amides is 1. The van der Waals surface area contributed by atoms with E-state index in [1.54, 1.807) is 0 Å². The molecule has 0 fully saturated rings. The first kappa shape index (κ1) is 21.9. The fourth-order valence-electron chi connectivity index (χ4n) is 3.48. The summed E-state index contributed by atoms with van der Waals surface area (Å²) in [6, 6.07) is 22.6. The van der Waals surface area contributed by atoms with E-state index in [1.807, 2.05) is 42.1 Å². The predicted octanol–water partition coefficient (Wildman–Crippen LogP) is 3.96. The number of rotatable bonds is 9. The van der Waals surface area contributed by atoms with Gasteiger partial charge in [-0.1, -0.05) is 59.8 Å². The average Bonchev–Trinajstić information content (AvgIpc) is 3.40. The van der Waals surface area contributed by atoms with Gasteiger partial charge in [-0.2, -0.15) is 0 Å². The number of carbonyl (C=O) groups excluding carboxylic acids is 1. The van der Waals surface area contributed by atoms with Gasteiger partial charge in [0.05, 0.1) is 5.75 Å². The number of nitrogens with zero attached hydrogens (tertiary/aromatic N) is 4. The van der Waals surface area contributed by atoms with Crippen molar-refractivity contribution in [2.75, 3.05) is 12.3 Å². The molecule has 0 spiro atoms. The lowest BCUT2D eigenvalue weighted by Crippen LogP contribution is -2.27. The van der Waals surface area contributed by atoms with Crippen LogP contribution >= 0.6 is 11.8 Å². The number of nitrogens with one attached hydrogen (secondary N) is 1. The summed E-state index contributed by atoms with van der Waals surface area (Å²) in [6.45, 7) is 2.68. The van der Waals surface area contributed by atoms with E-state index in [0.29, 0.717) is 18.7 Å². The van der Waals surface area contributed by atoms with E-state index in [4.69, 9.17) is 0 Å². The minimum Gasteiger partial charge on any atom is -0.355 e. The number of thioether (sulfide) groups is 1. The maximum Gasteiger partial charge on any atom is 0.230 e. The number of hydrogen-bond acceptors (Lipinski definition) is 4. The lowest BCUT2D eigenvalue weighted by atomic mass is 10.1. The normalized spacial score (nSPS) is 10.9. The molecule has 0 bridgehead atoms. The summed E-state index contributed by atoms with van der Waals surface area (Å²) in [6.07, 6.45) is 3.50. The topological polar surface area (TPSA) is 64.7 Å². The lowest BCUT2D eigenvalue weighted by Gasteiger charge is -2.11. The van der Waals surface area contributed by atoms with Crippen molar-refractivity contribution in [2.24, 2.45) is 7.05 Å². The number of hydrogen-bond donors (Lipinski definition) is 1. The second-order valence-corrected chi connectivity index (χ2v) is 8.67. The zero-order valence-corrected chi connectivity index (χ0v) is 19.2. The molecule has 0 saturated carbocycles. The van der Waals surface area contributed by atoms with Gasteiger partial charge in [0.2, 0.25) is 5.91 Å². The third-order valence-corrected chi connectivity index (χ3v) is 6.22. The SMILES string of the molecule is Cc1ccc(-n2c(Cc3cccn3C)nnc2SCC(=O)NCCc2ccccc2)cc1. The van der Waals surface area contributed by atoms with Crippen LogP contribution < -0.4 is 5.32 Å². The Kier molecular flexibility index (Phi) is 7.07. The fraction of sp³-hybridized carbons (Fsp3) is 0.240. The van der Waals surface area contributed by atoms with Crippen LogP contribution in [0.25, 0.3) is 5.69 Å². The molecule has 7 heteroatoms. The summed E-state index contributed by atoms with van der Waals surface area (Å²) in [4.78, 5) is 12.4. The van der Waals surface area contributed by atoms with Crippen LogP contribution in [-0.2, 0) is 24.7 Å². The highest BCUT2D eigenvalue weighted by molar-refractivity contribution is 7.99. The molecule has 2 heterocycles. The molecule has 0 aliphatic carbocycles. The largest absolute Gasteiger partial charge is 0.355 e. The van der Waals surface area contributed by atoms with Gasteiger partial charge in [0.1, 0.15) is 5.82 Å². The van der Waals surface area contributed by atoms with Crippen molar-refractivity contribution in [1.82, 2.24) is 24.6 Å². The first-order valence-electron chi connectivity index (χ1n) is 10.6. The molecule has 0 saturated heterocycles. The van der Waals surface area contributed by atoms with Gasteiger partial charge in [-0.3, -0.25) is 9.36 Å². The summed E-state index contributed by atoms with van der Waals surface area (Å²) in [5, 5.41) is 12.6. The molecular weight excluding hydrogens is 418 g/mol. The molecule has 0 atom stereocenters. The maximum atomic E-state index is 12.4. The number of aromatic nitrogens is 4. The van der Waals surface area contributed by atoms with Gasteiger partial charge in [-0.05, 0) is 43.2 Å². The molecule has 2 aromatic heterocycles. The standard InChI is InChI=1S/C25H27N5OS/c1-19-10-12-21(13-11-19)30-23(17-22-9-6-16-29(22)2)27-28-25(30)32-18-24(31)26-15-14-20-7-4-3-5-8-20/h3-13,16H,14-15,17-18H2,1-2H3,(H,26,31). The van der Waals surface area contributed by atoms with E-state index in [9.17, 15) is 4.79 Å². The minimum atomic E-state index is -0.00614.